The van der Waals surface area contributed by atoms with E-state index in [1.807, 2.05) is 31.2 Å². The lowest BCUT2D eigenvalue weighted by Crippen LogP contribution is -2.57. The molecule has 9 heteroatoms. The van der Waals surface area contributed by atoms with Crippen LogP contribution in [-0.4, -0.2) is 91.6 Å². The molecule has 0 saturated heterocycles. The molecular weight excluding hydrogens is 558 g/mol. The summed E-state index contributed by atoms with van der Waals surface area (Å²) in [5, 5.41) is 0. The van der Waals surface area contributed by atoms with Crippen LogP contribution in [0.15, 0.2) is 61.2 Å². The molecule has 236 valence electrons. The molecule has 1 fully saturated rings. The SMILES string of the molecule is C=CCOC(=O)C[C@@H](C(=O)N(C)CCC)N(C)C(=O)[C@H](C1CCCC1)N(C)C(=O)OCC1c2ccccc2-c2ccccc21. The molecule has 44 heavy (non-hydrogen) atoms. The van der Waals surface area contributed by atoms with Gasteiger partial charge in [0.15, 0.2) is 0 Å². The average molecular weight is 604 g/mol. The van der Waals surface area contributed by atoms with E-state index in [-0.39, 0.29) is 37.4 Å². The third-order valence-corrected chi connectivity index (χ3v) is 8.90. The van der Waals surface area contributed by atoms with E-state index in [9.17, 15) is 19.2 Å². The maximum Gasteiger partial charge on any atom is 0.410 e. The number of ether oxygens (including phenoxy) is 2. The highest BCUT2D eigenvalue weighted by Gasteiger charge is 2.42. The van der Waals surface area contributed by atoms with Gasteiger partial charge >= 0.3 is 12.1 Å². The molecule has 0 spiro atoms. The fraction of sp³-hybridized carbons (Fsp3) is 0.486. The molecule has 0 radical (unpaired) electrons. The average Bonchev–Trinajstić information content (AvgIpc) is 3.67. The summed E-state index contributed by atoms with van der Waals surface area (Å²) >= 11 is 0. The number of amides is 3. The minimum absolute atomic E-state index is 0.0113. The summed E-state index contributed by atoms with van der Waals surface area (Å²) in [5.41, 5.74) is 4.48. The van der Waals surface area contributed by atoms with Gasteiger partial charge in [0.2, 0.25) is 11.8 Å². The van der Waals surface area contributed by atoms with Crippen LogP contribution in [0.3, 0.4) is 0 Å². The summed E-state index contributed by atoms with van der Waals surface area (Å²) in [6.45, 7) is 6.14. The van der Waals surface area contributed by atoms with E-state index in [1.54, 1.807) is 14.1 Å². The summed E-state index contributed by atoms with van der Waals surface area (Å²) in [6.07, 6.45) is 4.74. The predicted molar refractivity (Wildman–Crippen MR) is 169 cm³/mol. The zero-order chi connectivity index (χ0) is 31.8. The van der Waals surface area contributed by atoms with Crippen LogP contribution in [0.2, 0.25) is 0 Å². The molecule has 2 aliphatic carbocycles. The zero-order valence-electron chi connectivity index (χ0n) is 26.4. The molecule has 0 bridgehead atoms. The Balaban J connectivity index is 1.54. The summed E-state index contributed by atoms with van der Waals surface area (Å²) in [5.74, 6) is -1.55. The number of hydrogen-bond acceptors (Lipinski definition) is 6. The summed E-state index contributed by atoms with van der Waals surface area (Å²) in [7, 11) is 4.77. The largest absolute Gasteiger partial charge is 0.461 e. The first kappa shape index (κ1) is 32.8. The predicted octanol–water partition coefficient (Wildman–Crippen LogP) is 5.24. The van der Waals surface area contributed by atoms with Gasteiger partial charge in [0, 0.05) is 33.6 Å². The van der Waals surface area contributed by atoms with Gasteiger partial charge < -0.3 is 19.3 Å². The van der Waals surface area contributed by atoms with Gasteiger partial charge in [0.1, 0.15) is 25.3 Å². The van der Waals surface area contributed by atoms with E-state index in [0.29, 0.717) is 6.54 Å². The van der Waals surface area contributed by atoms with Gasteiger partial charge in [-0.3, -0.25) is 19.3 Å². The second kappa shape index (κ2) is 15.0. The van der Waals surface area contributed by atoms with Gasteiger partial charge in [-0.1, -0.05) is 81.0 Å². The van der Waals surface area contributed by atoms with Crippen LogP contribution < -0.4 is 0 Å². The monoisotopic (exact) mass is 603 g/mol. The van der Waals surface area contributed by atoms with Gasteiger partial charge in [-0.05, 0) is 47.4 Å². The van der Waals surface area contributed by atoms with Crippen molar-refractivity contribution in [3.8, 4) is 11.1 Å². The van der Waals surface area contributed by atoms with Crippen LogP contribution in [0.5, 0.6) is 0 Å². The van der Waals surface area contributed by atoms with Crippen molar-refractivity contribution in [2.45, 2.75) is 63.5 Å². The third kappa shape index (κ3) is 7.14. The first-order chi connectivity index (χ1) is 21.2. The Bertz CT molecular complexity index is 1310. The van der Waals surface area contributed by atoms with Crippen molar-refractivity contribution in [3.05, 3.63) is 72.3 Å². The number of carbonyl (C=O) groups excluding carboxylic acids is 4. The molecule has 3 amide bonds. The second-order valence-corrected chi connectivity index (χ2v) is 11.8. The van der Waals surface area contributed by atoms with Gasteiger partial charge in [-0.25, -0.2) is 4.79 Å². The molecule has 0 heterocycles. The van der Waals surface area contributed by atoms with Gasteiger partial charge in [-0.2, -0.15) is 0 Å². The van der Waals surface area contributed by atoms with Gasteiger partial charge in [0.25, 0.3) is 0 Å². The summed E-state index contributed by atoms with van der Waals surface area (Å²) in [4.78, 5) is 58.2. The van der Waals surface area contributed by atoms with E-state index in [4.69, 9.17) is 9.47 Å². The molecule has 2 aromatic carbocycles. The molecule has 2 atom stereocenters. The molecule has 4 rings (SSSR count). The number of hydrogen-bond donors (Lipinski definition) is 0. The minimum atomic E-state index is -1.07. The Morgan fingerprint density at radius 1 is 0.886 bits per heavy atom. The van der Waals surface area contributed by atoms with Crippen LogP contribution in [0.25, 0.3) is 11.1 Å². The highest BCUT2D eigenvalue weighted by molar-refractivity contribution is 5.93. The molecule has 0 N–H and O–H groups in total. The van der Waals surface area contributed by atoms with Gasteiger partial charge in [-0.15, -0.1) is 0 Å². The van der Waals surface area contributed by atoms with Crippen LogP contribution in [-0.2, 0) is 23.9 Å². The normalized spacial score (nSPS) is 15.5. The van der Waals surface area contributed by atoms with Crippen LogP contribution in [0.4, 0.5) is 4.79 Å². The molecule has 2 aliphatic rings. The Labute approximate surface area is 260 Å². The fourth-order valence-electron chi connectivity index (χ4n) is 6.59. The van der Waals surface area contributed by atoms with Crippen LogP contribution >= 0.6 is 0 Å². The Kier molecular flexibility index (Phi) is 11.2. The first-order valence-electron chi connectivity index (χ1n) is 15.6. The van der Waals surface area contributed by atoms with Crippen molar-refractivity contribution in [1.82, 2.24) is 14.7 Å². The van der Waals surface area contributed by atoms with Crippen molar-refractivity contribution < 1.29 is 28.7 Å². The maximum absolute atomic E-state index is 14.2. The molecule has 1 saturated carbocycles. The van der Waals surface area contributed by atoms with Crippen molar-refractivity contribution >= 4 is 23.9 Å². The quantitative estimate of drug-likeness (QED) is 0.230. The van der Waals surface area contributed by atoms with Crippen molar-refractivity contribution in [2.75, 3.05) is 40.9 Å². The number of benzene rings is 2. The molecule has 0 aromatic heterocycles. The number of fused-ring (bicyclic) bond motifs is 3. The lowest BCUT2D eigenvalue weighted by molar-refractivity contribution is -0.153. The maximum atomic E-state index is 14.2. The topological polar surface area (TPSA) is 96.5 Å². The van der Waals surface area contributed by atoms with Crippen LogP contribution in [0, 0.1) is 5.92 Å². The Hall–Kier alpha value is -4.14. The van der Waals surface area contributed by atoms with Crippen molar-refractivity contribution in [1.29, 1.82) is 0 Å². The van der Waals surface area contributed by atoms with Crippen molar-refractivity contribution in [2.24, 2.45) is 5.92 Å². The molecular formula is C35H45N3O6. The molecule has 0 aliphatic heterocycles. The molecule has 2 aromatic rings. The van der Waals surface area contributed by atoms with E-state index in [1.165, 1.54) is 27.8 Å². The first-order valence-corrected chi connectivity index (χ1v) is 15.6. The van der Waals surface area contributed by atoms with Gasteiger partial charge in [0.05, 0.1) is 6.42 Å². The number of rotatable bonds is 13. The van der Waals surface area contributed by atoms with E-state index in [0.717, 1.165) is 54.4 Å². The minimum Gasteiger partial charge on any atom is -0.461 e. The number of likely N-dealkylation sites (N-methyl/N-ethyl adjacent to an activating group) is 3. The third-order valence-electron chi connectivity index (χ3n) is 8.90. The molecule has 9 nitrogen and oxygen atoms in total. The highest BCUT2D eigenvalue weighted by atomic mass is 16.6. The van der Waals surface area contributed by atoms with Crippen LogP contribution in [0.1, 0.15) is 62.5 Å². The lowest BCUT2D eigenvalue weighted by atomic mass is 9.95. The number of nitrogens with zero attached hydrogens (tertiary/aromatic N) is 3. The van der Waals surface area contributed by atoms with E-state index in [2.05, 4.69) is 30.8 Å². The summed E-state index contributed by atoms with van der Waals surface area (Å²) < 4.78 is 11.1. The number of esters is 1. The highest BCUT2D eigenvalue weighted by Crippen LogP contribution is 2.44. The lowest BCUT2D eigenvalue weighted by Gasteiger charge is -2.37. The zero-order valence-corrected chi connectivity index (χ0v) is 26.4. The van der Waals surface area contributed by atoms with Crippen molar-refractivity contribution in [3.63, 3.8) is 0 Å². The second-order valence-electron chi connectivity index (χ2n) is 11.8. The Morgan fingerprint density at radius 3 is 2.05 bits per heavy atom. The fourth-order valence-corrected chi connectivity index (χ4v) is 6.59. The van der Waals surface area contributed by atoms with E-state index < -0.39 is 30.1 Å². The molecule has 0 unspecified atom stereocenters. The van der Waals surface area contributed by atoms with E-state index >= 15 is 0 Å². The number of carbonyl (C=O) groups is 4. The Morgan fingerprint density at radius 2 is 1.48 bits per heavy atom. The summed E-state index contributed by atoms with van der Waals surface area (Å²) in [6, 6.07) is 14.3. The smallest absolute Gasteiger partial charge is 0.410 e. The standard InChI is InChI=1S/C35H45N3O6/c1-6-20-36(3)33(40)30(22-31(39)43-21-7-2)37(4)34(41)32(24-14-8-9-15-24)38(5)35(42)44-23-29-27-18-12-10-16-25(27)26-17-11-13-19-28(26)29/h7,10-13,16-19,24,29-30,32H,2,6,8-9,14-15,20-23H2,1,3-5H3/t30-,32-/m0/s1.